The summed E-state index contributed by atoms with van der Waals surface area (Å²) in [5.74, 6) is 3.18. The fourth-order valence-corrected chi connectivity index (χ4v) is 3.42. The zero-order chi connectivity index (χ0) is 20.5. The number of nitrogens with zero attached hydrogens (tertiary/aromatic N) is 2. The van der Waals surface area contributed by atoms with Gasteiger partial charge in [-0.25, -0.2) is 4.98 Å². The monoisotopic (exact) mass is 410 g/mol. The van der Waals surface area contributed by atoms with Gasteiger partial charge in [-0.1, -0.05) is 12.1 Å². The first-order valence-electron chi connectivity index (χ1n) is 9.43. The lowest BCUT2D eigenvalue weighted by Gasteiger charge is -2.11. The number of aromatic nitrogens is 1. The van der Waals surface area contributed by atoms with Crippen LogP contribution in [0.3, 0.4) is 0 Å². The summed E-state index contributed by atoms with van der Waals surface area (Å²) in [5.41, 5.74) is 1.23. The predicted molar refractivity (Wildman–Crippen MR) is 118 cm³/mol. The zero-order valence-corrected chi connectivity index (χ0v) is 17.8. The van der Waals surface area contributed by atoms with Gasteiger partial charge in [0.15, 0.2) is 5.96 Å². The van der Waals surface area contributed by atoms with E-state index in [9.17, 15) is 0 Å². The molecule has 1 heterocycles. The lowest BCUT2D eigenvalue weighted by molar-refractivity contribution is 0.413. The van der Waals surface area contributed by atoms with E-state index in [4.69, 9.17) is 9.47 Å². The minimum Gasteiger partial charge on any atom is -0.497 e. The third-order valence-electron chi connectivity index (χ3n) is 4.22. The molecule has 3 aromatic rings. The van der Waals surface area contributed by atoms with E-state index in [0.717, 1.165) is 41.2 Å². The van der Waals surface area contributed by atoms with Gasteiger partial charge in [0.05, 0.1) is 13.7 Å². The maximum absolute atomic E-state index is 5.86. The Morgan fingerprint density at radius 2 is 1.66 bits per heavy atom. The first-order chi connectivity index (χ1) is 14.2. The van der Waals surface area contributed by atoms with Crippen LogP contribution >= 0.6 is 11.3 Å². The first kappa shape index (κ1) is 20.7. The van der Waals surface area contributed by atoms with Gasteiger partial charge in [-0.15, -0.1) is 11.3 Å². The van der Waals surface area contributed by atoms with Crippen molar-refractivity contribution in [3.63, 3.8) is 0 Å². The van der Waals surface area contributed by atoms with Gasteiger partial charge in [-0.2, -0.15) is 0 Å². The molecule has 152 valence electrons. The molecule has 0 fully saturated rings. The summed E-state index contributed by atoms with van der Waals surface area (Å²) in [5, 5.41) is 7.67. The van der Waals surface area contributed by atoms with Crippen molar-refractivity contribution in [1.29, 1.82) is 0 Å². The Balaban J connectivity index is 1.43. The first-order valence-corrected chi connectivity index (χ1v) is 10.2. The predicted octanol–water partition coefficient (Wildman–Crippen LogP) is 4.16. The van der Waals surface area contributed by atoms with E-state index < -0.39 is 0 Å². The molecular formula is C22H26N4O2S. The van der Waals surface area contributed by atoms with Gasteiger partial charge in [0.25, 0.3) is 0 Å². The molecule has 0 unspecified atom stereocenters. The Morgan fingerprint density at radius 1 is 1.00 bits per heavy atom. The van der Waals surface area contributed by atoms with Crippen LogP contribution in [0.4, 0.5) is 0 Å². The van der Waals surface area contributed by atoms with E-state index in [2.05, 4.69) is 39.7 Å². The molecular weight excluding hydrogens is 384 g/mol. The number of thiazole rings is 1. The van der Waals surface area contributed by atoms with Crippen molar-refractivity contribution in [2.24, 2.45) is 4.99 Å². The molecule has 0 atom stereocenters. The van der Waals surface area contributed by atoms with E-state index >= 15 is 0 Å². The average molecular weight is 411 g/mol. The number of ether oxygens (including phenoxy) is 2. The van der Waals surface area contributed by atoms with Gasteiger partial charge in [-0.3, -0.25) is 4.99 Å². The van der Waals surface area contributed by atoms with Gasteiger partial charge in [0.2, 0.25) is 0 Å². The normalized spacial score (nSPS) is 11.2. The summed E-state index contributed by atoms with van der Waals surface area (Å²) in [6.07, 6.45) is 2.78. The van der Waals surface area contributed by atoms with Crippen LogP contribution in [0, 0.1) is 6.92 Å². The average Bonchev–Trinajstić information content (AvgIpc) is 3.17. The van der Waals surface area contributed by atoms with Crippen LogP contribution < -0.4 is 20.1 Å². The molecule has 2 N–H and O–H groups in total. The summed E-state index contributed by atoms with van der Waals surface area (Å²) in [6.45, 7) is 3.52. The van der Waals surface area contributed by atoms with Gasteiger partial charge in [-0.05, 0) is 55.3 Å². The molecule has 0 amide bonds. The molecule has 0 aliphatic rings. The number of rotatable bonds is 8. The standard InChI is InChI=1S/C22H26N4O2S/c1-16-14-25-21(29-16)15-26-22(23-2)24-13-12-17-4-6-19(7-5-17)28-20-10-8-18(27-3)9-11-20/h4-11,14H,12-13,15H2,1-3H3,(H2,23,24,26). The van der Waals surface area contributed by atoms with Crippen molar-refractivity contribution >= 4 is 17.3 Å². The molecule has 2 aromatic carbocycles. The molecule has 0 bridgehead atoms. The van der Waals surface area contributed by atoms with Gasteiger partial charge >= 0.3 is 0 Å². The van der Waals surface area contributed by atoms with Crippen molar-refractivity contribution in [3.8, 4) is 17.2 Å². The highest BCUT2D eigenvalue weighted by Gasteiger charge is 2.03. The quantitative estimate of drug-likeness (QED) is 0.431. The molecule has 0 spiro atoms. The number of nitrogens with one attached hydrogen (secondary N) is 2. The molecule has 1 aromatic heterocycles. The minimum absolute atomic E-state index is 0.676. The number of guanidine groups is 1. The Hall–Kier alpha value is -3.06. The van der Waals surface area contributed by atoms with Gasteiger partial charge in [0, 0.05) is 24.7 Å². The smallest absolute Gasteiger partial charge is 0.191 e. The Bertz CT molecular complexity index is 921. The number of hydrogen-bond acceptors (Lipinski definition) is 5. The third-order valence-corrected chi connectivity index (χ3v) is 5.14. The van der Waals surface area contributed by atoms with Crippen molar-refractivity contribution in [2.75, 3.05) is 20.7 Å². The Labute approximate surface area is 175 Å². The van der Waals surface area contributed by atoms with Crippen LogP contribution in [0.1, 0.15) is 15.4 Å². The van der Waals surface area contributed by atoms with E-state index in [1.165, 1.54) is 10.4 Å². The summed E-state index contributed by atoms with van der Waals surface area (Å²) in [4.78, 5) is 9.82. The molecule has 29 heavy (non-hydrogen) atoms. The number of benzene rings is 2. The molecule has 0 aliphatic heterocycles. The Morgan fingerprint density at radius 3 is 2.24 bits per heavy atom. The largest absolute Gasteiger partial charge is 0.497 e. The summed E-state index contributed by atoms with van der Waals surface area (Å²) in [7, 11) is 3.42. The van der Waals surface area contributed by atoms with Gasteiger partial charge < -0.3 is 20.1 Å². The lowest BCUT2D eigenvalue weighted by Crippen LogP contribution is -2.37. The summed E-state index contributed by atoms with van der Waals surface area (Å²) < 4.78 is 11.0. The third kappa shape index (κ3) is 6.50. The Kier molecular flexibility index (Phi) is 7.47. The number of aliphatic imine (C=N–C) groups is 1. The summed E-state index contributed by atoms with van der Waals surface area (Å²) >= 11 is 1.69. The highest BCUT2D eigenvalue weighted by Crippen LogP contribution is 2.24. The van der Waals surface area contributed by atoms with E-state index in [-0.39, 0.29) is 0 Å². The maximum atomic E-state index is 5.86. The fraction of sp³-hybridized carbons (Fsp3) is 0.273. The van der Waals surface area contributed by atoms with Crippen molar-refractivity contribution < 1.29 is 9.47 Å². The van der Waals surface area contributed by atoms with E-state index in [1.807, 2.05) is 42.6 Å². The highest BCUT2D eigenvalue weighted by molar-refractivity contribution is 7.11. The molecule has 0 aliphatic carbocycles. The second-order valence-electron chi connectivity index (χ2n) is 6.39. The highest BCUT2D eigenvalue weighted by atomic mass is 32.1. The number of methoxy groups -OCH3 is 1. The van der Waals surface area contributed by atoms with Crippen molar-refractivity contribution in [3.05, 3.63) is 70.2 Å². The van der Waals surface area contributed by atoms with Crippen LogP contribution in [0.25, 0.3) is 0 Å². The number of hydrogen-bond donors (Lipinski definition) is 2. The topological polar surface area (TPSA) is 67.8 Å². The van der Waals surface area contributed by atoms with Crippen molar-refractivity contribution in [2.45, 2.75) is 19.9 Å². The van der Waals surface area contributed by atoms with Crippen LogP contribution in [0.2, 0.25) is 0 Å². The van der Waals surface area contributed by atoms with Crippen molar-refractivity contribution in [1.82, 2.24) is 15.6 Å². The fourth-order valence-electron chi connectivity index (χ4n) is 2.69. The number of aryl methyl sites for hydroxylation is 1. The molecule has 0 radical (unpaired) electrons. The second kappa shape index (κ2) is 10.5. The van der Waals surface area contributed by atoms with Crippen LogP contribution in [0.15, 0.2) is 59.7 Å². The van der Waals surface area contributed by atoms with Gasteiger partial charge in [0.1, 0.15) is 22.3 Å². The van der Waals surface area contributed by atoms with Crippen LogP contribution in [-0.4, -0.2) is 31.6 Å². The minimum atomic E-state index is 0.676. The SMILES string of the molecule is CN=C(NCCc1ccc(Oc2ccc(OC)cc2)cc1)NCc1ncc(C)s1. The van der Waals surface area contributed by atoms with E-state index in [1.54, 1.807) is 25.5 Å². The molecule has 7 heteroatoms. The van der Waals surface area contributed by atoms with Crippen LogP contribution in [0.5, 0.6) is 17.2 Å². The molecule has 6 nitrogen and oxygen atoms in total. The summed E-state index contributed by atoms with van der Waals surface area (Å²) in [6, 6.07) is 15.7. The maximum Gasteiger partial charge on any atom is 0.191 e. The molecule has 0 saturated heterocycles. The van der Waals surface area contributed by atoms with Crippen LogP contribution in [-0.2, 0) is 13.0 Å². The zero-order valence-electron chi connectivity index (χ0n) is 16.9. The molecule has 0 saturated carbocycles. The lowest BCUT2D eigenvalue weighted by atomic mass is 10.1. The van der Waals surface area contributed by atoms with E-state index in [0.29, 0.717) is 6.54 Å². The second-order valence-corrected chi connectivity index (χ2v) is 7.71. The molecule has 3 rings (SSSR count).